The van der Waals surface area contributed by atoms with Crippen LogP contribution in [-0.4, -0.2) is 32.3 Å². The van der Waals surface area contributed by atoms with Gasteiger partial charge in [0.25, 0.3) is 0 Å². The minimum absolute atomic E-state index is 0.248. The summed E-state index contributed by atoms with van der Waals surface area (Å²) in [5, 5.41) is 5.25. The molecular weight excluding hydrogens is 369 g/mol. The molecule has 1 saturated heterocycles. The third-order valence-electron chi connectivity index (χ3n) is 5.89. The van der Waals surface area contributed by atoms with Crippen LogP contribution in [-0.2, 0) is 22.4 Å². The summed E-state index contributed by atoms with van der Waals surface area (Å²) in [6.45, 7) is 3.24. The summed E-state index contributed by atoms with van der Waals surface area (Å²) < 4.78 is 11.8. The van der Waals surface area contributed by atoms with Gasteiger partial charge >= 0.3 is 7.12 Å². The molecule has 1 aliphatic heterocycles. The quantitative estimate of drug-likeness (QED) is 0.359. The van der Waals surface area contributed by atoms with Crippen LogP contribution >= 0.6 is 0 Å². The minimum atomic E-state index is -0.248. The molecule has 0 atom stereocenters. The minimum Gasteiger partial charge on any atom is -0.407 e. The van der Waals surface area contributed by atoms with E-state index in [-0.39, 0.29) is 7.12 Å². The van der Waals surface area contributed by atoms with Crippen LogP contribution in [0, 0.1) is 0 Å². The first-order valence-corrected chi connectivity index (χ1v) is 10.7. The zero-order chi connectivity index (χ0) is 20.3. The summed E-state index contributed by atoms with van der Waals surface area (Å²) in [5.41, 5.74) is 3.79. The van der Waals surface area contributed by atoms with Gasteiger partial charge in [0.1, 0.15) is 0 Å². The predicted molar refractivity (Wildman–Crippen MR) is 125 cm³/mol. The molecule has 150 valence electrons. The number of nitrogens with zero attached hydrogens (tertiary/aromatic N) is 1. The average Bonchev–Trinajstić information content (AvgIpc) is 2.80. The fraction of sp³-hybridized carbons (Fsp3) is 0.231. The predicted octanol–water partition coefficient (Wildman–Crippen LogP) is 4.76. The van der Waals surface area contributed by atoms with Gasteiger partial charge in [-0.05, 0) is 57.7 Å². The van der Waals surface area contributed by atoms with Crippen LogP contribution in [0.1, 0.15) is 17.5 Å². The summed E-state index contributed by atoms with van der Waals surface area (Å²) in [7, 11) is 1.94. The van der Waals surface area contributed by atoms with Crippen LogP contribution in [0.25, 0.3) is 21.5 Å². The van der Waals surface area contributed by atoms with Crippen molar-refractivity contribution in [2.24, 2.45) is 0 Å². The van der Waals surface area contributed by atoms with E-state index in [9.17, 15) is 0 Å². The number of hydrogen-bond acceptors (Lipinski definition) is 3. The maximum Gasteiger partial charge on any atom is 0.494 e. The number of hydrogen-bond donors (Lipinski definition) is 0. The van der Waals surface area contributed by atoms with E-state index in [1.54, 1.807) is 0 Å². The van der Waals surface area contributed by atoms with Gasteiger partial charge in [-0.3, -0.25) is 4.90 Å². The number of fused-ring (bicyclic) bond motifs is 2. The maximum atomic E-state index is 5.88. The van der Waals surface area contributed by atoms with Gasteiger partial charge in [0.05, 0.1) is 0 Å². The van der Waals surface area contributed by atoms with Gasteiger partial charge in [0.15, 0.2) is 0 Å². The van der Waals surface area contributed by atoms with Crippen LogP contribution in [0.2, 0.25) is 0 Å². The Labute approximate surface area is 178 Å². The summed E-state index contributed by atoms with van der Waals surface area (Å²) in [6.07, 6.45) is 0.965. The molecule has 0 saturated carbocycles. The van der Waals surface area contributed by atoms with E-state index in [0.717, 1.165) is 38.2 Å². The zero-order valence-corrected chi connectivity index (χ0v) is 17.4. The molecule has 0 amide bonds. The normalized spacial score (nSPS) is 14.7. The Morgan fingerprint density at radius 1 is 0.767 bits per heavy atom. The summed E-state index contributed by atoms with van der Waals surface area (Å²) in [6, 6.07) is 28.2. The van der Waals surface area contributed by atoms with E-state index in [1.165, 1.54) is 32.7 Å². The van der Waals surface area contributed by atoms with Gasteiger partial charge in [0, 0.05) is 26.3 Å². The molecule has 1 aliphatic rings. The molecule has 0 aromatic heterocycles. The van der Waals surface area contributed by atoms with Crippen molar-refractivity contribution in [3.63, 3.8) is 0 Å². The molecule has 4 aromatic carbocycles. The van der Waals surface area contributed by atoms with Crippen LogP contribution in [0.15, 0.2) is 78.9 Å². The highest BCUT2D eigenvalue weighted by atomic mass is 16.6. The molecule has 4 heteroatoms. The van der Waals surface area contributed by atoms with Crippen LogP contribution in [0.4, 0.5) is 0 Å². The lowest BCUT2D eigenvalue weighted by molar-refractivity contribution is 0.143. The van der Waals surface area contributed by atoms with Gasteiger partial charge < -0.3 is 9.31 Å². The third-order valence-corrected chi connectivity index (χ3v) is 5.89. The topological polar surface area (TPSA) is 21.7 Å². The first-order valence-electron chi connectivity index (χ1n) is 10.7. The summed E-state index contributed by atoms with van der Waals surface area (Å²) in [5.74, 6) is 0. The van der Waals surface area contributed by atoms with Gasteiger partial charge in [-0.2, -0.15) is 0 Å². The lowest BCUT2D eigenvalue weighted by atomic mass is 9.75. The van der Waals surface area contributed by atoms with Crippen molar-refractivity contribution in [1.29, 1.82) is 0 Å². The fourth-order valence-electron chi connectivity index (χ4n) is 4.47. The van der Waals surface area contributed by atoms with Crippen molar-refractivity contribution in [1.82, 2.24) is 4.90 Å². The average molecular weight is 395 g/mol. The molecule has 4 aromatic rings. The van der Waals surface area contributed by atoms with E-state index in [1.807, 2.05) is 0 Å². The first kappa shape index (κ1) is 19.3. The summed E-state index contributed by atoms with van der Waals surface area (Å²) >= 11 is 0. The van der Waals surface area contributed by atoms with E-state index in [2.05, 4.69) is 90.8 Å². The van der Waals surface area contributed by atoms with E-state index >= 15 is 0 Å². The largest absolute Gasteiger partial charge is 0.494 e. The molecule has 3 nitrogen and oxygen atoms in total. The van der Waals surface area contributed by atoms with Crippen LogP contribution < -0.4 is 5.46 Å². The molecule has 1 heterocycles. The highest BCUT2D eigenvalue weighted by Crippen LogP contribution is 2.29. The Balaban J connectivity index is 1.46. The lowest BCUT2D eigenvalue weighted by Crippen LogP contribution is -2.43. The molecule has 1 fully saturated rings. The van der Waals surface area contributed by atoms with E-state index in [4.69, 9.17) is 9.31 Å². The van der Waals surface area contributed by atoms with Gasteiger partial charge in [-0.25, -0.2) is 0 Å². The maximum absolute atomic E-state index is 5.88. The zero-order valence-electron chi connectivity index (χ0n) is 17.4. The number of rotatable bonds is 5. The Morgan fingerprint density at radius 2 is 1.37 bits per heavy atom. The Kier molecular flexibility index (Phi) is 5.54. The van der Waals surface area contributed by atoms with Crippen molar-refractivity contribution in [2.45, 2.75) is 19.5 Å². The smallest absolute Gasteiger partial charge is 0.407 e. The van der Waals surface area contributed by atoms with Crippen molar-refractivity contribution in [3.05, 3.63) is 90.0 Å². The Hall–Kier alpha value is -2.66. The number of benzene rings is 4. The van der Waals surface area contributed by atoms with Gasteiger partial charge in [0.2, 0.25) is 0 Å². The van der Waals surface area contributed by atoms with Crippen molar-refractivity contribution < 1.29 is 9.31 Å². The molecule has 0 spiro atoms. The van der Waals surface area contributed by atoms with E-state index < -0.39 is 0 Å². The molecule has 30 heavy (non-hydrogen) atoms. The molecule has 5 rings (SSSR count). The van der Waals surface area contributed by atoms with Crippen LogP contribution in [0.5, 0.6) is 0 Å². The second-order valence-corrected chi connectivity index (χ2v) is 8.10. The van der Waals surface area contributed by atoms with Crippen molar-refractivity contribution in [3.8, 4) is 0 Å². The summed E-state index contributed by atoms with van der Waals surface area (Å²) in [4.78, 5) is 2.38. The third kappa shape index (κ3) is 3.86. The second-order valence-electron chi connectivity index (χ2n) is 8.10. The van der Waals surface area contributed by atoms with Crippen LogP contribution in [0.3, 0.4) is 0 Å². The van der Waals surface area contributed by atoms with Gasteiger partial charge in [-0.1, -0.05) is 72.8 Å². The fourth-order valence-corrected chi connectivity index (χ4v) is 4.47. The SMILES string of the molecule is CN(Cc1ccccc1B1OCCCO1)Cc1c2ccccc2cc2ccccc12. The molecule has 0 N–H and O–H groups in total. The molecular formula is C26H26BNO2. The van der Waals surface area contributed by atoms with E-state index in [0.29, 0.717) is 0 Å². The highest BCUT2D eigenvalue weighted by Gasteiger charge is 2.27. The highest BCUT2D eigenvalue weighted by molar-refractivity contribution is 6.62. The standard InChI is InChI=1S/C26H26BNO2/c1-28(18-22-11-4-7-14-26(22)27-29-15-8-16-30-27)19-25-23-12-5-2-9-20(23)17-21-10-3-6-13-24(21)25/h2-7,9-14,17H,8,15-16,18-19H2,1H3. The Morgan fingerprint density at radius 3 is 2.07 bits per heavy atom. The monoisotopic (exact) mass is 395 g/mol. The molecule has 0 bridgehead atoms. The van der Waals surface area contributed by atoms with Crippen molar-refractivity contribution in [2.75, 3.05) is 20.3 Å². The second kappa shape index (κ2) is 8.61. The molecule has 0 unspecified atom stereocenters. The first-order chi connectivity index (χ1) is 14.8. The molecule has 0 aliphatic carbocycles. The van der Waals surface area contributed by atoms with Gasteiger partial charge in [-0.15, -0.1) is 0 Å². The Bertz CT molecular complexity index is 1120. The lowest BCUT2D eigenvalue weighted by Gasteiger charge is -2.24. The van der Waals surface area contributed by atoms with Crippen molar-refractivity contribution >= 4 is 34.1 Å². The molecule has 0 radical (unpaired) electrons.